The summed E-state index contributed by atoms with van der Waals surface area (Å²) in [5.41, 5.74) is 0. The Morgan fingerprint density at radius 1 is 0.270 bits per heavy atom. The molecule has 6 nitrogen and oxygen atoms in total. The van der Waals surface area contributed by atoms with Crippen LogP contribution in [0.1, 0.15) is 374 Å². The Balaban J connectivity index is 4.05. The highest BCUT2D eigenvalue weighted by Crippen LogP contribution is 2.19. The average Bonchev–Trinajstić information content (AvgIpc) is 3.40. The van der Waals surface area contributed by atoms with Crippen LogP contribution in [-0.2, 0) is 28.6 Å². The van der Waals surface area contributed by atoms with Crippen molar-refractivity contribution in [1.29, 1.82) is 0 Å². The fourth-order valence-corrected chi connectivity index (χ4v) is 10.2. The largest absolute Gasteiger partial charge is 0.462 e. The number of rotatable bonds is 62. The number of esters is 3. The molecule has 0 bridgehead atoms. The van der Waals surface area contributed by atoms with Gasteiger partial charge in [-0.2, -0.15) is 0 Å². The van der Waals surface area contributed by atoms with E-state index in [1.165, 1.54) is 244 Å². The van der Waals surface area contributed by atoms with Crippen LogP contribution in [0.5, 0.6) is 0 Å². The molecule has 0 radical (unpaired) electrons. The van der Waals surface area contributed by atoms with Gasteiger partial charge in [-0.1, -0.05) is 334 Å². The maximum atomic E-state index is 12.8. The first-order valence-corrected chi connectivity index (χ1v) is 33.3. The van der Waals surface area contributed by atoms with Gasteiger partial charge in [-0.3, -0.25) is 14.4 Å². The van der Waals surface area contributed by atoms with Gasteiger partial charge in [-0.15, -0.1) is 0 Å². The summed E-state index contributed by atoms with van der Waals surface area (Å²) >= 11 is 0. The molecule has 0 aliphatic rings. The molecule has 0 fully saturated rings. The molecule has 0 amide bonds. The van der Waals surface area contributed by atoms with E-state index < -0.39 is 6.10 Å². The Bertz CT molecular complexity index is 1190. The topological polar surface area (TPSA) is 78.9 Å². The van der Waals surface area contributed by atoms with Crippen LogP contribution in [0, 0.1) is 0 Å². The minimum atomic E-state index is -0.774. The third-order valence-electron chi connectivity index (χ3n) is 15.2. The lowest BCUT2D eigenvalue weighted by Crippen LogP contribution is -2.30. The SMILES string of the molecule is CCC/C=C\C/C=C\CCCCCCCC(=O)OC(COC(=O)CCCCCCCCCCCCCC)COC(=O)CCCCCCCCCCCCCCCCCCCCCCCCCCCCCCCCC. The summed E-state index contributed by atoms with van der Waals surface area (Å²) in [5, 5.41) is 0. The molecule has 0 aromatic rings. The van der Waals surface area contributed by atoms with Gasteiger partial charge in [0.2, 0.25) is 0 Å². The second-order valence-electron chi connectivity index (χ2n) is 22.7. The normalized spacial score (nSPS) is 12.1. The van der Waals surface area contributed by atoms with Gasteiger partial charge < -0.3 is 14.2 Å². The highest BCUT2D eigenvalue weighted by atomic mass is 16.6. The van der Waals surface area contributed by atoms with Crippen LogP contribution >= 0.6 is 0 Å². The molecule has 0 aliphatic heterocycles. The van der Waals surface area contributed by atoms with Crippen molar-refractivity contribution in [2.75, 3.05) is 13.2 Å². The maximum absolute atomic E-state index is 12.8. The van der Waals surface area contributed by atoms with Crippen molar-refractivity contribution in [3.63, 3.8) is 0 Å². The van der Waals surface area contributed by atoms with Gasteiger partial charge in [0, 0.05) is 19.3 Å². The molecule has 6 heteroatoms. The molecule has 0 heterocycles. The van der Waals surface area contributed by atoms with E-state index >= 15 is 0 Å². The Labute approximate surface area is 462 Å². The molecule has 0 aromatic heterocycles. The van der Waals surface area contributed by atoms with Gasteiger partial charge >= 0.3 is 17.9 Å². The zero-order valence-electron chi connectivity index (χ0n) is 50.1. The number of hydrogen-bond donors (Lipinski definition) is 0. The standard InChI is InChI=1S/C68H128O6/c1-4-7-10-13-16-19-22-25-26-27-28-29-30-31-32-33-34-35-36-37-38-39-40-41-42-44-46-49-52-55-58-61-67(70)73-64-65(63-72-66(69)60-57-54-51-48-45-24-21-18-15-12-9-6-3)74-68(71)62-59-56-53-50-47-43-23-20-17-14-11-8-5-2/h11,14,20,23,65H,4-10,12-13,15-19,21-22,24-64H2,1-3H3/b14-11-,23-20-. The number of allylic oxidation sites excluding steroid dienone is 4. The van der Waals surface area contributed by atoms with Crippen molar-refractivity contribution < 1.29 is 28.6 Å². The summed E-state index contributed by atoms with van der Waals surface area (Å²) < 4.78 is 16.9. The fraction of sp³-hybridized carbons (Fsp3) is 0.897. The molecule has 436 valence electrons. The van der Waals surface area contributed by atoms with E-state index in [2.05, 4.69) is 45.1 Å². The molecule has 0 saturated carbocycles. The van der Waals surface area contributed by atoms with Gasteiger partial charge in [0.15, 0.2) is 6.10 Å². The lowest BCUT2D eigenvalue weighted by Gasteiger charge is -2.18. The lowest BCUT2D eigenvalue weighted by molar-refractivity contribution is -0.167. The minimum absolute atomic E-state index is 0.0714. The van der Waals surface area contributed by atoms with Crippen molar-refractivity contribution >= 4 is 17.9 Å². The van der Waals surface area contributed by atoms with Crippen LogP contribution in [0.2, 0.25) is 0 Å². The first kappa shape index (κ1) is 71.9. The summed E-state index contributed by atoms with van der Waals surface area (Å²) in [4.78, 5) is 38.2. The number of carbonyl (C=O) groups excluding carboxylic acids is 3. The van der Waals surface area contributed by atoms with Crippen LogP contribution in [0.25, 0.3) is 0 Å². The second kappa shape index (κ2) is 63.4. The van der Waals surface area contributed by atoms with E-state index in [0.29, 0.717) is 19.3 Å². The molecule has 1 atom stereocenters. The van der Waals surface area contributed by atoms with Gasteiger partial charge in [0.1, 0.15) is 13.2 Å². The first-order chi connectivity index (χ1) is 36.5. The van der Waals surface area contributed by atoms with Gasteiger partial charge in [-0.05, 0) is 44.9 Å². The summed E-state index contributed by atoms with van der Waals surface area (Å²) in [7, 11) is 0. The molecular formula is C68H128O6. The molecule has 0 spiro atoms. The molecule has 0 aliphatic carbocycles. The Kier molecular flexibility index (Phi) is 61.6. The highest BCUT2D eigenvalue weighted by Gasteiger charge is 2.19. The van der Waals surface area contributed by atoms with Gasteiger partial charge in [-0.25, -0.2) is 0 Å². The van der Waals surface area contributed by atoms with E-state index in [4.69, 9.17) is 14.2 Å². The Morgan fingerprint density at radius 3 is 0.797 bits per heavy atom. The predicted octanol–water partition coefficient (Wildman–Crippen LogP) is 22.6. The monoisotopic (exact) mass is 1040 g/mol. The summed E-state index contributed by atoms with van der Waals surface area (Å²) in [5.74, 6) is -0.862. The quantitative estimate of drug-likeness (QED) is 0.0261. The Hall–Kier alpha value is -2.11. The van der Waals surface area contributed by atoms with Crippen LogP contribution < -0.4 is 0 Å². The molecule has 0 rings (SSSR count). The number of hydrogen-bond acceptors (Lipinski definition) is 6. The zero-order chi connectivity index (χ0) is 53.6. The highest BCUT2D eigenvalue weighted by molar-refractivity contribution is 5.71. The number of ether oxygens (including phenoxy) is 3. The maximum Gasteiger partial charge on any atom is 0.306 e. The predicted molar refractivity (Wildman–Crippen MR) is 321 cm³/mol. The van der Waals surface area contributed by atoms with E-state index in [1.54, 1.807) is 0 Å². The van der Waals surface area contributed by atoms with Crippen LogP contribution in [0.4, 0.5) is 0 Å². The third kappa shape index (κ3) is 60.8. The summed E-state index contributed by atoms with van der Waals surface area (Å²) in [6.45, 7) is 6.62. The molecular weight excluding hydrogens is 913 g/mol. The number of carbonyl (C=O) groups is 3. The van der Waals surface area contributed by atoms with Crippen molar-refractivity contribution in [1.82, 2.24) is 0 Å². The van der Waals surface area contributed by atoms with E-state index in [9.17, 15) is 14.4 Å². The van der Waals surface area contributed by atoms with Crippen molar-refractivity contribution in [3.05, 3.63) is 24.3 Å². The average molecular weight is 1040 g/mol. The lowest BCUT2D eigenvalue weighted by atomic mass is 10.0. The fourth-order valence-electron chi connectivity index (χ4n) is 10.2. The van der Waals surface area contributed by atoms with E-state index in [-0.39, 0.29) is 31.1 Å². The van der Waals surface area contributed by atoms with Crippen LogP contribution in [0.3, 0.4) is 0 Å². The summed E-state index contributed by atoms with van der Waals surface area (Å²) in [6.07, 6.45) is 76.5. The summed E-state index contributed by atoms with van der Waals surface area (Å²) in [6, 6.07) is 0. The molecule has 74 heavy (non-hydrogen) atoms. The Morgan fingerprint density at radius 2 is 0.514 bits per heavy atom. The minimum Gasteiger partial charge on any atom is -0.462 e. The first-order valence-electron chi connectivity index (χ1n) is 33.3. The van der Waals surface area contributed by atoms with Crippen LogP contribution in [0.15, 0.2) is 24.3 Å². The van der Waals surface area contributed by atoms with Crippen molar-refractivity contribution in [2.24, 2.45) is 0 Å². The van der Waals surface area contributed by atoms with Crippen molar-refractivity contribution in [2.45, 2.75) is 380 Å². The van der Waals surface area contributed by atoms with Crippen LogP contribution in [-0.4, -0.2) is 37.2 Å². The van der Waals surface area contributed by atoms with E-state index in [1.807, 2.05) is 0 Å². The van der Waals surface area contributed by atoms with Crippen molar-refractivity contribution in [3.8, 4) is 0 Å². The molecule has 0 saturated heterocycles. The number of unbranched alkanes of at least 4 members (excludes halogenated alkanes) is 47. The smallest absolute Gasteiger partial charge is 0.306 e. The second-order valence-corrected chi connectivity index (χ2v) is 22.7. The van der Waals surface area contributed by atoms with Gasteiger partial charge in [0.25, 0.3) is 0 Å². The molecule has 0 aromatic carbocycles. The zero-order valence-corrected chi connectivity index (χ0v) is 50.1. The third-order valence-corrected chi connectivity index (χ3v) is 15.2. The van der Waals surface area contributed by atoms with Gasteiger partial charge in [0.05, 0.1) is 0 Å². The van der Waals surface area contributed by atoms with E-state index in [0.717, 1.165) is 89.9 Å². The molecule has 0 N–H and O–H groups in total. The molecule has 1 unspecified atom stereocenters.